The predicted molar refractivity (Wildman–Crippen MR) is 36.5 cm³/mol. The van der Waals surface area contributed by atoms with Gasteiger partial charge in [-0.15, -0.1) is 0 Å². The summed E-state index contributed by atoms with van der Waals surface area (Å²) in [7, 11) is 0. The van der Waals surface area contributed by atoms with Gasteiger partial charge in [0.25, 0.3) is 0 Å². The van der Waals surface area contributed by atoms with Crippen LogP contribution < -0.4 is 2.85 Å². The van der Waals surface area contributed by atoms with E-state index in [0.717, 1.165) is 5.75 Å². The van der Waals surface area contributed by atoms with Crippen molar-refractivity contribution in [3.63, 3.8) is 0 Å². The summed E-state index contributed by atoms with van der Waals surface area (Å²) in [6.45, 7) is 4.14. The van der Waals surface area contributed by atoms with Gasteiger partial charge in [-0.1, -0.05) is 0 Å². The van der Waals surface area contributed by atoms with Gasteiger partial charge >= 0.3 is 76.6 Å². The fourth-order valence-electron chi connectivity index (χ4n) is 0.932. The number of hydrogen-bond donors (Lipinski definition) is 0. The molecule has 50 valence electrons. The van der Waals surface area contributed by atoms with E-state index in [0.29, 0.717) is 0 Å². The van der Waals surface area contributed by atoms with Crippen LogP contribution in [0.3, 0.4) is 0 Å². The molecule has 0 fully saturated rings. The topological polar surface area (TPSA) is 9.23 Å². The molecular weight excluding hydrogens is 157 g/mol. The van der Waals surface area contributed by atoms with Crippen molar-refractivity contribution < 1.29 is 27.7 Å². The molecule has 0 aliphatic carbocycles. The van der Waals surface area contributed by atoms with Crippen LogP contribution in [0.25, 0.3) is 0 Å². The first kappa shape index (κ1) is 7.99. The molecule has 1 nitrogen and oxygen atoms in total. The average molecular weight is 166 g/mol. The number of hydrogen-bond acceptors (Lipinski definition) is 1. The number of rotatable bonds is 1. The normalized spacial score (nSPS) is 9.30. The van der Waals surface area contributed by atoms with Crippen LogP contribution in [-0.4, -0.2) is 0 Å². The second kappa shape index (κ2) is 3.33. The van der Waals surface area contributed by atoms with E-state index in [-0.39, 0.29) is 0 Å². The monoisotopic (exact) mass is 166 g/mol. The summed E-state index contributed by atoms with van der Waals surface area (Å²) in [6.07, 6.45) is 0. The minimum absolute atomic E-state index is 0.991. The van der Waals surface area contributed by atoms with Gasteiger partial charge in [0.05, 0.1) is 0 Å². The molecule has 1 rings (SSSR count). The third-order valence-electron chi connectivity index (χ3n) is 1.46. The molecule has 0 aliphatic rings. The summed E-state index contributed by atoms with van der Waals surface area (Å²) in [4.78, 5) is 0. The maximum atomic E-state index is 5.16. The Labute approximate surface area is 76.6 Å². The van der Waals surface area contributed by atoms with E-state index in [1.807, 2.05) is 6.07 Å². The van der Waals surface area contributed by atoms with Crippen molar-refractivity contribution in [2.24, 2.45) is 0 Å². The first-order chi connectivity index (χ1) is 4.74. The predicted octanol–water partition coefficient (Wildman–Crippen LogP) is 2.14. The van der Waals surface area contributed by atoms with E-state index in [1.165, 1.54) is 35.9 Å². The average Bonchev–Trinajstić information content (AvgIpc) is 1.88. The summed E-state index contributed by atoms with van der Waals surface area (Å²) in [5.74, 6) is 0.991. The van der Waals surface area contributed by atoms with Crippen LogP contribution in [0.1, 0.15) is 11.1 Å². The van der Waals surface area contributed by atoms with E-state index in [4.69, 9.17) is 2.85 Å². The fraction of sp³-hybridized carbons (Fsp3) is 0.250. The van der Waals surface area contributed by atoms with Gasteiger partial charge in [0, 0.05) is 0 Å². The Balaban J connectivity index is 3.07. The molecule has 0 unspecified atom stereocenters. The summed E-state index contributed by atoms with van der Waals surface area (Å²) >= 11 is 1.28. The van der Waals surface area contributed by atoms with Crippen molar-refractivity contribution in [3.05, 3.63) is 29.3 Å². The zero-order valence-electron chi connectivity index (χ0n) is 6.22. The first-order valence-corrected chi connectivity index (χ1v) is 3.91. The van der Waals surface area contributed by atoms with E-state index < -0.39 is 0 Å². The van der Waals surface area contributed by atoms with Crippen molar-refractivity contribution in [2.45, 2.75) is 13.8 Å². The van der Waals surface area contributed by atoms with Crippen LogP contribution in [0.4, 0.5) is 0 Å². The van der Waals surface area contributed by atoms with Crippen LogP contribution in [0, 0.1) is 13.8 Å². The van der Waals surface area contributed by atoms with Crippen molar-refractivity contribution in [3.8, 4) is 5.75 Å². The van der Waals surface area contributed by atoms with Crippen molar-refractivity contribution in [2.75, 3.05) is 0 Å². The summed E-state index contributed by atoms with van der Waals surface area (Å²) < 4.78 is 5.16. The van der Waals surface area contributed by atoms with Crippen LogP contribution in [0.2, 0.25) is 0 Å². The molecule has 10 heavy (non-hydrogen) atoms. The fourth-order valence-corrected chi connectivity index (χ4v) is 1.34. The Bertz CT molecular complexity index is 233. The standard InChI is InChI=1S/C8H10O.Sc/c1-6-3-4-8(9)7(2)5-6;/h3-5,9H,1-2H3;/q;+1/p-1. The summed E-state index contributed by atoms with van der Waals surface area (Å²) in [5.41, 5.74) is 2.50. The van der Waals surface area contributed by atoms with Gasteiger partial charge < -0.3 is 0 Å². The van der Waals surface area contributed by atoms with E-state index in [9.17, 15) is 0 Å². The molecule has 0 saturated heterocycles. The zero-order chi connectivity index (χ0) is 7.56. The van der Waals surface area contributed by atoms with Crippen LogP contribution in [0.15, 0.2) is 18.2 Å². The first-order valence-electron chi connectivity index (χ1n) is 3.18. The van der Waals surface area contributed by atoms with Crippen molar-refractivity contribution in [1.82, 2.24) is 0 Å². The molecule has 0 aliphatic heterocycles. The third-order valence-corrected chi connectivity index (χ3v) is 1.85. The molecule has 1 aromatic rings. The SMILES string of the molecule is Cc1ccc([O][Sc])c(C)c1. The Morgan fingerprint density at radius 3 is 2.50 bits per heavy atom. The second-order valence-corrected chi connectivity index (χ2v) is 2.75. The molecular formula is C8H9OSc. The van der Waals surface area contributed by atoms with Gasteiger partial charge in [-0.3, -0.25) is 0 Å². The van der Waals surface area contributed by atoms with Gasteiger partial charge in [0.15, 0.2) is 0 Å². The summed E-state index contributed by atoms with van der Waals surface area (Å²) in [5, 5.41) is 0. The third kappa shape index (κ3) is 1.69. The molecule has 0 aromatic heterocycles. The van der Waals surface area contributed by atoms with E-state index >= 15 is 0 Å². The molecule has 0 saturated carbocycles. The quantitative estimate of drug-likeness (QED) is 0.621. The Hall–Kier alpha value is -0.110. The zero-order valence-corrected chi connectivity index (χ0v) is 8.02. The molecule has 0 N–H and O–H groups in total. The van der Waals surface area contributed by atoms with Crippen molar-refractivity contribution in [1.29, 1.82) is 0 Å². The molecule has 1 aromatic carbocycles. The van der Waals surface area contributed by atoms with Gasteiger partial charge in [0.2, 0.25) is 0 Å². The minimum atomic E-state index is 0.991. The van der Waals surface area contributed by atoms with Crippen molar-refractivity contribution >= 4 is 0 Å². The molecule has 0 radical (unpaired) electrons. The van der Waals surface area contributed by atoms with E-state index in [2.05, 4.69) is 26.0 Å². The Kier molecular flexibility index (Phi) is 2.66. The second-order valence-electron chi connectivity index (χ2n) is 2.39. The van der Waals surface area contributed by atoms with Crippen LogP contribution >= 0.6 is 0 Å². The van der Waals surface area contributed by atoms with Gasteiger partial charge in [-0.25, -0.2) is 0 Å². The van der Waals surface area contributed by atoms with Gasteiger partial charge in [0.1, 0.15) is 0 Å². The molecule has 0 atom stereocenters. The summed E-state index contributed by atoms with van der Waals surface area (Å²) in [6, 6.07) is 6.18. The van der Waals surface area contributed by atoms with Crippen LogP contribution in [0.5, 0.6) is 5.75 Å². The van der Waals surface area contributed by atoms with Gasteiger partial charge in [-0.05, 0) is 0 Å². The maximum absolute atomic E-state index is 5.16. The van der Waals surface area contributed by atoms with E-state index in [1.54, 1.807) is 0 Å². The number of benzene rings is 1. The number of aryl methyl sites for hydroxylation is 2. The molecule has 0 amide bonds. The molecule has 0 bridgehead atoms. The molecule has 2 heteroatoms. The Morgan fingerprint density at radius 1 is 1.30 bits per heavy atom. The Morgan fingerprint density at radius 2 is 2.00 bits per heavy atom. The molecule has 0 heterocycles. The van der Waals surface area contributed by atoms with Crippen LogP contribution in [-0.2, 0) is 24.8 Å². The van der Waals surface area contributed by atoms with Gasteiger partial charge in [-0.2, -0.15) is 0 Å². The molecule has 0 spiro atoms.